The highest BCUT2D eigenvalue weighted by Gasteiger charge is 2.23. The smallest absolute Gasteiger partial charge is 0.122 e. The molecule has 1 aromatic carbocycles. The number of aryl methyl sites for hydroxylation is 2. The fourth-order valence-electron chi connectivity index (χ4n) is 2.48. The Hall–Kier alpha value is -1.06. The first-order chi connectivity index (χ1) is 9.54. The number of rotatable bonds is 8. The van der Waals surface area contributed by atoms with Gasteiger partial charge in [-0.1, -0.05) is 30.5 Å². The molecule has 0 heterocycles. The van der Waals surface area contributed by atoms with Crippen molar-refractivity contribution in [3.05, 3.63) is 29.3 Å². The summed E-state index contributed by atoms with van der Waals surface area (Å²) in [6.07, 6.45) is 3.52. The fraction of sp³-hybridized carbons (Fsp3) is 0.647. The number of aliphatic hydroxyl groups excluding tert-OH is 1. The Morgan fingerprint density at radius 1 is 1.35 bits per heavy atom. The summed E-state index contributed by atoms with van der Waals surface area (Å²) in [5.41, 5.74) is 2.35. The van der Waals surface area contributed by atoms with Gasteiger partial charge in [0.1, 0.15) is 18.5 Å². The van der Waals surface area contributed by atoms with Gasteiger partial charge in [-0.3, -0.25) is 0 Å². The van der Waals surface area contributed by atoms with Gasteiger partial charge in [0.25, 0.3) is 0 Å². The number of ether oxygens (including phenoxy) is 1. The van der Waals surface area contributed by atoms with E-state index in [1.807, 2.05) is 19.1 Å². The molecule has 2 atom stereocenters. The van der Waals surface area contributed by atoms with Gasteiger partial charge >= 0.3 is 0 Å². The van der Waals surface area contributed by atoms with Crippen LogP contribution in [0.1, 0.15) is 37.3 Å². The van der Waals surface area contributed by atoms with Gasteiger partial charge in [-0.15, -0.1) is 0 Å². The summed E-state index contributed by atoms with van der Waals surface area (Å²) in [4.78, 5) is 0. The van der Waals surface area contributed by atoms with Crippen LogP contribution in [0.5, 0.6) is 5.75 Å². The molecule has 2 rings (SSSR count). The highest BCUT2D eigenvalue weighted by molar-refractivity contribution is 5.35. The Bertz CT molecular complexity index is 429. The van der Waals surface area contributed by atoms with Gasteiger partial charge in [0.2, 0.25) is 0 Å². The summed E-state index contributed by atoms with van der Waals surface area (Å²) in [5, 5.41) is 13.4. The summed E-state index contributed by atoms with van der Waals surface area (Å²) in [7, 11) is 0. The Balaban J connectivity index is 1.67. The zero-order chi connectivity index (χ0) is 14.5. The largest absolute Gasteiger partial charge is 0.491 e. The average Bonchev–Trinajstić information content (AvgIpc) is 3.19. The van der Waals surface area contributed by atoms with Crippen LogP contribution in [-0.2, 0) is 0 Å². The number of hydrogen-bond acceptors (Lipinski definition) is 3. The second kappa shape index (κ2) is 7.09. The van der Waals surface area contributed by atoms with Gasteiger partial charge < -0.3 is 15.2 Å². The third-order valence-electron chi connectivity index (χ3n) is 3.85. The maximum absolute atomic E-state index is 9.97. The zero-order valence-electron chi connectivity index (χ0n) is 12.9. The average molecular weight is 277 g/mol. The Labute approximate surface area is 122 Å². The molecule has 0 aliphatic heterocycles. The molecule has 2 N–H and O–H groups in total. The minimum Gasteiger partial charge on any atom is -0.491 e. The summed E-state index contributed by atoms with van der Waals surface area (Å²) in [6.45, 7) is 7.23. The van der Waals surface area contributed by atoms with E-state index in [2.05, 4.69) is 25.2 Å². The van der Waals surface area contributed by atoms with Gasteiger partial charge in [0.15, 0.2) is 0 Å². The van der Waals surface area contributed by atoms with Gasteiger partial charge in [0.05, 0.1) is 0 Å². The van der Waals surface area contributed by atoms with Crippen LogP contribution in [-0.4, -0.2) is 30.4 Å². The van der Waals surface area contributed by atoms with Crippen molar-refractivity contribution in [1.29, 1.82) is 0 Å². The summed E-state index contributed by atoms with van der Waals surface area (Å²) < 4.78 is 5.69. The lowest BCUT2D eigenvalue weighted by Gasteiger charge is -2.18. The van der Waals surface area contributed by atoms with Crippen molar-refractivity contribution in [2.75, 3.05) is 13.2 Å². The highest BCUT2D eigenvalue weighted by Crippen LogP contribution is 2.33. The second-order valence-electron chi connectivity index (χ2n) is 6.22. The molecule has 1 aliphatic rings. The maximum Gasteiger partial charge on any atom is 0.122 e. The van der Waals surface area contributed by atoms with Crippen molar-refractivity contribution in [2.45, 2.75) is 52.2 Å². The Morgan fingerprint density at radius 2 is 2.10 bits per heavy atom. The number of benzene rings is 1. The molecule has 0 unspecified atom stereocenters. The molecule has 3 nitrogen and oxygen atoms in total. The van der Waals surface area contributed by atoms with Crippen LogP contribution in [0.3, 0.4) is 0 Å². The lowest BCUT2D eigenvalue weighted by molar-refractivity contribution is 0.103. The third-order valence-corrected chi connectivity index (χ3v) is 3.85. The van der Waals surface area contributed by atoms with Gasteiger partial charge in [0, 0.05) is 12.6 Å². The minimum absolute atomic E-state index is 0.340. The molecular formula is C17H27NO2. The molecule has 0 amide bonds. The first-order valence-corrected chi connectivity index (χ1v) is 7.66. The monoisotopic (exact) mass is 277 g/mol. The number of hydrogen-bond donors (Lipinski definition) is 2. The Morgan fingerprint density at radius 3 is 2.75 bits per heavy atom. The molecule has 1 fully saturated rings. The van der Waals surface area contributed by atoms with E-state index >= 15 is 0 Å². The van der Waals surface area contributed by atoms with E-state index in [0.717, 1.165) is 17.2 Å². The Kier molecular flexibility index (Phi) is 5.44. The summed E-state index contributed by atoms with van der Waals surface area (Å²) in [6, 6.07) is 6.58. The van der Waals surface area contributed by atoms with Crippen LogP contribution >= 0.6 is 0 Å². The second-order valence-corrected chi connectivity index (χ2v) is 6.22. The van der Waals surface area contributed by atoms with E-state index in [0.29, 0.717) is 19.2 Å². The van der Waals surface area contributed by atoms with Crippen LogP contribution in [0.15, 0.2) is 18.2 Å². The molecule has 1 saturated carbocycles. The quantitative estimate of drug-likeness (QED) is 0.768. The molecule has 3 heteroatoms. The van der Waals surface area contributed by atoms with E-state index < -0.39 is 6.10 Å². The highest BCUT2D eigenvalue weighted by atomic mass is 16.5. The lowest BCUT2D eigenvalue weighted by atomic mass is 10.1. The molecule has 0 aromatic heterocycles. The lowest BCUT2D eigenvalue weighted by Crippen LogP contribution is -2.36. The summed E-state index contributed by atoms with van der Waals surface area (Å²) in [5.74, 6) is 1.78. The van der Waals surface area contributed by atoms with E-state index in [9.17, 15) is 5.11 Å². The molecule has 0 spiro atoms. The van der Waals surface area contributed by atoms with E-state index in [4.69, 9.17) is 4.74 Å². The van der Waals surface area contributed by atoms with Crippen molar-refractivity contribution < 1.29 is 9.84 Å². The van der Waals surface area contributed by atoms with E-state index in [1.165, 1.54) is 24.8 Å². The molecule has 0 radical (unpaired) electrons. The molecule has 0 saturated heterocycles. The number of nitrogens with one attached hydrogen (secondary N) is 1. The zero-order valence-corrected chi connectivity index (χ0v) is 12.9. The van der Waals surface area contributed by atoms with Crippen LogP contribution in [0, 0.1) is 19.8 Å². The maximum atomic E-state index is 9.97. The molecule has 20 heavy (non-hydrogen) atoms. The first-order valence-electron chi connectivity index (χ1n) is 7.66. The normalized spacial score (nSPS) is 17.8. The van der Waals surface area contributed by atoms with E-state index in [1.54, 1.807) is 0 Å². The molecule has 0 bridgehead atoms. The van der Waals surface area contributed by atoms with Crippen molar-refractivity contribution in [3.63, 3.8) is 0 Å². The summed E-state index contributed by atoms with van der Waals surface area (Å²) >= 11 is 0. The fourth-order valence-corrected chi connectivity index (χ4v) is 2.48. The van der Waals surface area contributed by atoms with E-state index in [-0.39, 0.29) is 0 Å². The van der Waals surface area contributed by atoms with Crippen LogP contribution < -0.4 is 10.1 Å². The first kappa shape index (κ1) is 15.3. The van der Waals surface area contributed by atoms with Crippen LogP contribution in [0.2, 0.25) is 0 Å². The SMILES string of the molecule is Cc1ccc(OC[C@H](O)CN[C@H](C)CC2CC2)c(C)c1. The van der Waals surface area contributed by atoms with Gasteiger partial charge in [-0.2, -0.15) is 0 Å². The van der Waals surface area contributed by atoms with Crippen molar-refractivity contribution in [1.82, 2.24) is 5.32 Å². The minimum atomic E-state index is -0.461. The van der Waals surface area contributed by atoms with Crippen molar-refractivity contribution in [3.8, 4) is 5.75 Å². The molecule has 1 aliphatic carbocycles. The van der Waals surface area contributed by atoms with Crippen LogP contribution in [0.4, 0.5) is 0 Å². The predicted octanol–water partition coefficient (Wildman–Crippen LogP) is 2.82. The molecular weight excluding hydrogens is 250 g/mol. The number of aliphatic hydroxyl groups is 1. The predicted molar refractivity (Wildman–Crippen MR) is 82.2 cm³/mol. The van der Waals surface area contributed by atoms with Crippen molar-refractivity contribution >= 4 is 0 Å². The standard InChI is InChI=1S/C17H27NO2/c1-12-4-7-17(13(2)8-12)20-11-16(19)10-18-14(3)9-15-5-6-15/h4,7-8,14-16,18-19H,5-6,9-11H2,1-3H3/t14-,16-/m1/s1. The molecule has 1 aromatic rings. The molecule has 112 valence electrons. The van der Waals surface area contributed by atoms with Gasteiger partial charge in [-0.25, -0.2) is 0 Å². The van der Waals surface area contributed by atoms with Gasteiger partial charge in [-0.05, 0) is 44.7 Å². The topological polar surface area (TPSA) is 41.5 Å². The third kappa shape index (κ3) is 5.14. The van der Waals surface area contributed by atoms with Crippen molar-refractivity contribution in [2.24, 2.45) is 5.92 Å². The van der Waals surface area contributed by atoms with Crippen LogP contribution in [0.25, 0.3) is 0 Å².